The molecule has 2 atom stereocenters. The van der Waals surface area contributed by atoms with Gasteiger partial charge in [0.15, 0.2) is 5.60 Å². The number of carbonyl (C=O) groups excluding carboxylic acids is 1. The number of hydrogen-bond acceptors (Lipinski definition) is 3. The van der Waals surface area contributed by atoms with Crippen molar-refractivity contribution in [2.24, 2.45) is 5.41 Å². The van der Waals surface area contributed by atoms with Gasteiger partial charge in [-0.05, 0) is 30.5 Å². The highest BCUT2D eigenvalue weighted by atomic mass is 35.5. The van der Waals surface area contributed by atoms with Gasteiger partial charge < -0.3 is 9.47 Å². The molecule has 0 spiro atoms. The topological polar surface area (TPSA) is 35.5 Å². The van der Waals surface area contributed by atoms with Crippen LogP contribution in [0.4, 0.5) is 0 Å². The molecule has 1 saturated heterocycles. The normalized spacial score (nSPS) is 24.2. The maximum absolute atomic E-state index is 12.8. The Morgan fingerprint density at radius 3 is 2.46 bits per heavy atom. The van der Waals surface area contributed by atoms with E-state index in [1.54, 1.807) is 0 Å². The summed E-state index contributed by atoms with van der Waals surface area (Å²) in [4.78, 5) is 12.8. The smallest absolute Gasteiger partial charge is 0.345 e. The second kappa shape index (κ2) is 7.88. The summed E-state index contributed by atoms with van der Waals surface area (Å²) in [5.74, 6) is -0.291. The first-order valence-corrected chi connectivity index (χ1v) is 9.32. The lowest BCUT2D eigenvalue weighted by Crippen LogP contribution is -2.35. The first-order chi connectivity index (χ1) is 11.3. The predicted molar refractivity (Wildman–Crippen MR) is 96.9 cm³/mol. The van der Waals surface area contributed by atoms with Gasteiger partial charge in [0, 0.05) is 10.4 Å². The third-order valence-corrected chi connectivity index (χ3v) is 4.72. The summed E-state index contributed by atoms with van der Waals surface area (Å²) in [5, 5.41) is 0.605. The van der Waals surface area contributed by atoms with E-state index in [1.807, 2.05) is 45.0 Å². The van der Waals surface area contributed by atoms with Crippen LogP contribution in [0.25, 0.3) is 0 Å². The number of benzene rings is 1. The number of hydrogen-bond donors (Lipinski definition) is 0. The van der Waals surface area contributed by atoms with Crippen molar-refractivity contribution in [1.29, 1.82) is 0 Å². The van der Waals surface area contributed by atoms with Crippen molar-refractivity contribution in [1.82, 2.24) is 0 Å². The molecule has 2 rings (SSSR count). The van der Waals surface area contributed by atoms with Crippen molar-refractivity contribution in [3.05, 3.63) is 34.9 Å². The first-order valence-electron chi connectivity index (χ1n) is 8.94. The quantitative estimate of drug-likeness (QED) is 0.456. The van der Waals surface area contributed by atoms with Gasteiger partial charge in [0.25, 0.3) is 0 Å². The largest absolute Gasteiger partial charge is 0.433 e. The van der Waals surface area contributed by atoms with Crippen molar-refractivity contribution in [2.45, 2.75) is 78.1 Å². The average Bonchev–Trinajstić information content (AvgIpc) is 2.85. The molecule has 0 N–H and O–H groups in total. The molecule has 1 aliphatic heterocycles. The van der Waals surface area contributed by atoms with E-state index in [0.29, 0.717) is 11.4 Å². The van der Waals surface area contributed by atoms with Gasteiger partial charge in [-0.2, -0.15) is 0 Å². The summed E-state index contributed by atoms with van der Waals surface area (Å²) in [5.41, 5.74) is -0.505. The summed E-state index contributed by atoms with van der Waals surface area (Å²) in [6.45, 7) is 8.24. The lowest BCUT2D eigenvalue weighted by atomic mass is 9.88. The minimum Gasteiger partial charge on any atom is -0.433 e. The van der Waals surface area contributed by atoms with Crippen molar-refractivity contribution >= 4 is 17.6 Å². The molecular formula is C20H29ClO3. The fourth-order valence-corrected chi connectivity index (χ4v) is 3.20. The zero-order chi connectivity index (χ0) is 17.8. The van der Waals surface area contributed by atoms with Crippen LogP contribution >= 0.6 is 11.6 Å². The number of rotatable bonds is 7. The molecule has 0 saturated carbocycles. The van der Waals surface area contributed by atoms with Gasteiger partial charge in [0.2, 0.25) is 6.29 Å². The second-order valence-electron chi connectivity index (χ2n) is 7.72. The van der Waals surface area contributed by atoms with Gasteiger partial charge >= 0.3 is 5.97 Å². The molecule has 1 aromatic carbocycles. The zero-order valence-electron chi connectivity index (χ0n) is 15.2. The van der Waals surface area contributed by atoms with E-state index in [1.165, 1.54) is 19.3 Å². The number of unbranched alkanes of at least 4 members (excludes halogenated alkanes) is 4. The summed E-state index contributed by atoms with van der Waals surface area (Å²) >= 11 is 6.15. The van der Waals surface area contributed by atoms with Gasteiger partial charge in [-0.15, -0.1) is 0 Å². The van der Waals surface area contributed by atoms with Gasteiger partial charge in [0.05, 0.1) is 0 Å². The van der Waals surface area contributed by atoms with E-state index in [0.717, 1.165) is 18.4 Å². The maximum Gasteiger partial charge on any atom is 0.345 e. The van der Waals surface area contributed by atoms with Crippen LogP contribution in [0.15, 0.2) is 24.3 Å². The van der Waals surface area contributed by atoms with Gasteiger partial charge in [0.1, 0.15) is 0 Å². The van der Waals surface area contributed by atoms with E-state index < -0.39 is 11.9 Å². The van der Waals surface area contributed by atoms with Crippen molar-refractivity contribution in [3.63, 3.8) is 0 Å². The minimum atomic E-state index is -1.03. The molecule has 0 amide bonds. The Morgan fingerprint density at radius 2 is 1.88 bits per heavy atom. The van der Waals surface area contributed by atoms with Crippen LogP contribution in [0, 0.1) is 5.41 Å². The van der Waals surface area contributed by atoms with E-state index in [-0.39, 0.29) is 11.4 Å². The highest BCUT2D eigenvalue weighted by Gasteiger charge is 2.54. The Bertz CT molecular complexity index is 564. The average molecular weight is 353 g/mol. The summed E-state index contributed by atoms with van der Waals surface area (Å²) < 4.78 is 11.9. The molecular weight excluding hydrogens is 324 g/mol. The van der Waals surface area contributed by atoms with Crippen molar-refractivity contribution in [2.75, 3.05) is 0 Å². The van der Waals surface area contributed by atoms with Crippen LogP contribution in [-0.4, -0.2) is 12.3 Å². The zero-order valence-corrected chi connectivity index (χ0v) is 16.0. The molecule has 1 aliphatic rings. The number of carbonyl (C=O) groups is 1. The Labute approximate surface area is 150 Å². The predicted octanol–water partition coefficient (Wildman–Crippen LogP) is 5.84. The van der Waals surface area contributed by atoms with Crippen LogP contribution in [0.1, 0.15) is 71.8 Å². The molecule has 0 aliphatic carbocycles. The van der Waals surface area contributed by atoms with E-state index >= 15 is 0 Å². The van der Waals surface area contributed by atoms with Crippen LogP contribution < -0.4 is 0 Å². The highest BCUT2D eigenvalue weighted by molar-refractivity contribution is 6.30. The molecule has 134 valence electrons. The lowest BCUT2D eigenvalue weighted by molar-refractivity contribution is -0.156. The molecule has 3 nitrogen and oxygen atoms in total. The molecule has 1 heterocycles. The van der Waals surface area contributed by atoms with Gasteiger partial charge in [-0.1, -0.05) is 77.1 Å². The van der Waals surface area contributed by atoms with Gasteiger partial charge in [-0.25, -0.2) is 4.79 Å². The van der Waals surface area contributed by atoms with Crippen molar-refractivity contribution < 1.29 is 14.3 Å². The molecule has 0 bridgehead atoms. The maximum atomic E-state index is 12.8. The summed E-state index contributed by atoms with van der Waals surface area (Å²) in [6, 6.07) is 7.39. The number of esters is 1. The first kappa shape index (κ1) is 19.3. The number of cyclic esters (lactones) is 1. The number of ether oxygens (including phenoxy) is 2. The second-order valence-corrected chi connectivity index (χ2v) is 8.16. The Morgan fingerprint density at radius 1 is 1.17 bits per heavy atom. The Hall–Kier alpha value is -1.06. The molecule has 0 radical (unpaired) electrons. The van der Waals surface area contributed by atoms with Crippen LogP contribution in [-0.2, 0) is 19.9 Å². The van der Waals surface area contributed by atoms with E-state index in [4.69, 9.17) is 21.1 Å². The van der Waals surface area contributed by atoms with Crippen molar-refractivity contribution in [3.8, 4) is 0 Å². The van der Waals surface area contributed by atoms with Crippen LogP contribution in [0.2, 0.25) is 5.02 Å². The standard InChI is InChI=1S/C20H29ClO3/c1-5-6-7-8-9-13-20(15-11-10-12-16(21)14-15)17(22)23-18(24-20)19(2,3)4/h10-12,14,18H,5-9,13H2,1-4H3/t18?,20-/m0/s1. The fraction of sp³-hybridized carbons (Fsp3) is 0.650. The molecule has 0 aromatic heterocycles. The van der Waals surface area contributed by atoms with Gasteiger partial charge in [-0.3, -0.25) is 0 Å². The fourth-order valence-electron chi connectivity index (χ4n) is 3.01. The highest BCUT2D eigenvalue weighted by Crippen LogP contribution is 2.44. The molecule has 1 unspecified atom stereocenters. The van der Waals surface area contributed by atoms with E-state index in [2.05, 4.69) is 6.92 Å². The third-order valence-electron chi connectivity index (χ3n) is 4.48. The third kappa shape index (κ3) is 4.31. The minimum absolute atomic E-state index is 0.266. The summed E-state index contributed by atoms with van der Waals surface area (Å²) in [6.07, 6.45) is 5.71. The number of halogens is 1. The molecule has 4 heteroatoms. The molecule has 1 fully saturated rings. The Kier molecular flexibility index (Phi) is 6.33. The van der Waals surface area contributed by atoms with Crippen LogP contribution in [0.5, 0.6) is 0 Å². The summed E-state index contributed by atoms with van der Waals surface area (Å²) in [7, 11) is 0. The molecule has 24 heavy (non-hydrogen) atoms. The SMILES string of the molecule is CCCCCCC[C@@]1(c2cccc(Cl)c2)OC(C(C)(C)C)OC1=O. The molecule has 1 aromatic rings. The Balaban J connectivity index is 2.24. The lowest BCUT2D eigenvalue weighted by Gasteiger charge is -2.29. The van der Waals surface area contributed by atoms with E-state index in [9.17, 15) is 4.79 Å². The monoisotopic (exact) mass is 352 g/mol. The van der Waals surface area contributed by atoms with Crippen LogP contribution in [0.3, 0.4) is 0 Å².